The molecule has 1 fully saturated rings. The summed E-state index contributed by atoms with van der Waals surface area (Å²) in [5, 5.41) is 10.9. The Morgan fingerprint density at radius 2 is 1.92 bits per heavy atom. The Morgan fingerprint density at radius 3 is 2.48 bits per heavy atom. The molecule has 0 spiro atoms. The number of aryl methyl sites for hydroxylation is 1. The van der Waals surface area contributed by atoms with Crippen LogP contribution in [-0.2, 0) is 13.6 Å². The van der Waals surface area contributed by atoms with E-state index in [1.165, 1.54) is 0 Å². The van der Waals surface area contributed by atoms with E-state index in [2.05, 4.69) is 63.3 Å². The lowest BCUT2D eigenvalue weighted by molar-refractivity contribution is 0.0900. The molecule has 8 nitrogen and oxygen atoms in total. The predicted octanol–water partition coefficient (Wildman–Crippen LogP) is 0.142. The van der Waals surface area contributed by atoms with Crippen LogP contribution in [0.1, 0.15) is 26.6 Å². The second kappa shape index (κ2) is 9.72. The van der Waals surface area contributed by atoms with Crippen molar-refractivity contribution in [3.8, 4) is 0 Å². The summed E-state index contributed by atoms with van der Waals surface area (Å²) in [6.07, 6.45) is 1.56. The van der Waals surface area contributed by atoms with Gasteiger partial charge in [-0.05, 0) is 19.9 Å². The molecule has 0 saturated carbocycles. The molecule has 2 N–H and O–H groups in total. The molecule has 0 amide bonds. The first-order valence-electron chi connectivity index (χ1n) is 9.29. The smallest absolute Gasteiger partial charge is 0.191 e. The van der Waals surface area contributed by atoms with E-state index in [4.69, 9.17) is 0 Å². The monoisotopic (exact) mass is 350 g/mol. The third kappa shape index (κ3) is 5.97. The Morgan fingerprint density at radius 1 is 1.20 bits per heavy atom. The highest BCUT2D eigenvalue weighted by atomic mass is 15.3. The third-order valence-electron chi connectivity index (χ3n) is 4.78. The van der Waals surface area contributed by atoms with Gasteiger partial charge in [0, 0.05) is 52.4 Å². The minimum atomic E-state index is 0.507. The summed E-state index contributed by atoms with van der Waals surface area (Å²) in [6.45, 7) is 13.5. The Kier molecular flexibility index (Phi) is 7.64. The zero-order valence-corrected chi connectivity index (χ0v) is 16.4. The van der Waals surface area contributed by atoms with Crippen LogP contribution in [0.25, 0.3) is 0 Å². The number of hydrogen-bond acceptors (Lipinski definition) is 5. The van der Waals surface area contributed by atoms with Crippen LogP contribution in [0.4, 0.5) is 0 Å². The molecule has 0 radical (unpaired) electrons. The summed E-state index contributed by atoms with van der Waals surface area (Å²) in [5.74, 6) is 2.29. The SMILES string of the molecule is CCNC(=NCc1ncnn1C)NCC(C(C)C)N1CCN(C)CC1. The second-order valence-electron chi connectivity index (χ2n) is 7.03. The van der Waals surface area contributed by atoms with Gasteiger partial charge in [-0.2, -0.15) is 5.10 Å². The molecule has 25 heavy (non-hydrogen) atoms. The molecule has 1 aromatic rings. The van der Waals surface area contributed by atoms with E-state index in [0.717, 1.165) is 51.1 Å². The maximum absolute atomic E-state index is 4.65. The summed E-state index contributed by atoms with van der Waals surface area (Å²) < 4.78 is 1.76. The summed E-state index contributed by atoms with van der Waals surface area (Å²) in [6, 6.07) is 0.507. The number of aliphatic imine (C=N–C) groups is 1. The largest absolute Gasteiger partial charge is 0.357 e. The van der Waals surface area contributed by atoms with E-state index in [0.29, 0.717) is 18.5 Å². The van der Waals surface area contributed by atoms with Crippen LogP contribution in [-0.4, -0.2) is 82.9 Å². The molecular formula is C17H34N8. The lowest BCUT2D eigenvalue weighted by Crippen LogP contribution is -2.55. The van der Waals surface area contributed by atoms with Crippen molar-refractivity contribution >= 4 is 5.96 Å². The minimum absolute atomic E-state index is 0.507. The molecule has 0 aromatic carbocycles. The van der Waals surface area contributed by atoms with Gasteiger partial charge >= 0.3 is 0 Å². The van der Waals surface area contributed by atoms with Crippen LogP contribution >= 0.6 is 0 Å². The van der Waals surface area contributed by atoms with Gasteiger partial charge in [-0.25, -0.2) is 9.98 Å². The number of nitrogens with one attached hydrogen (secondary N) is 2. The fraction of sp³-hybridized carbons (Fsp3) is 0.824. The molecule has 1 aromatic heterocycles. The fourth-order valence-corrected chi connectivity index (χ4v) is 3.10. The van der Waals surface area contributed by atoms with E-state index in [9.17, 15) is 0 Å². The van der Waals surface area contributed by atoms with Crippen LogP contribution in [0.3, 0.4) is 0 Å². The number of aromatic nitrogens is 3. The molecule has 142 valence electrons. The van der Waals surface area contributed by atoms with Gasteiger partial charge < -0.3 is 15.5 Å². The summed E-state index contributed by atoms with van der Waals surface area (Å²) in [7, 11) is 4.09. The minimum Gasteiger partial charge on any atom is -0.357 e. The predicted molar refractivity (Wildman–Crippen MR) is 102 cm³/mol. The summed E-state index contributed by atoms with van der Waals surface area (Å²) in [4.78, 5) is 13.9. The normalized spacial score (nSPS) is 18.6. The fourth-order valence-electron chi connectivity index (χ4n) is 3.10. The van der Waals surface area contributed by atoms with Gasteiger partial charge in [0.2, 0.25) is 0 Å². The Balaban J connectivity index is 1.93. The summed E-state index contributed by atoms with van der Waals surface area (Å²) >= 11 is 0. The van der Waals surface area contributed by atoms with Crippen molar-refractivity contribution in [1.29, 1.82) is 0 Å². The zero-order valence-electron chi connectivity index (χ0n) is 16.4. The van der Waals surface area contributed by atoms with Gasteiger partial charge in [0.15, 0.2) is 5.96 Å². The van der Waals surface area contributed by atoms with E-state index in [-0.39, 0.29) is 0 Å². The lowest BCUT2D eigenvalue weighted by Gasteiger charge is -2.40. The average Bonchev–Trinajstić information content (AvgIpc) is 2.99. The van der Waals surface area contributed by atoms with E-state index in [1.54, 1.807) is 11.0 Å². The molecule has 1 saturated heterocycles. The molecule has 0 bridgehead atoms. The van der Waals surface area contributed by atoms with Gasteiger partial charge in [0.05, 0.1) is 0 Å². The lowest BCUT2D eigenvalue weighted by atomic mass is 10.0. The van der Waals surface area contributed by atoms with Crippen molar-refractivity contribution < 1.29 is 0 Å². The third-order valence-corrected chi connectivity index (χ3v) is 4.78. The number of likely N-dealkylation sites (N-methyl/N-ethyl adjacent to an activating group) is 1. The van der Waals surface area contributed by atoms with Gasteiger partial charge in [-0.3, -0.25) is 9.58 Å². The van der Waals surface area contributed by atoms with Crippen molar-refractivity contribution in [2.24, 2.45) is 18.0 Å². The maximum Gasteiger partial charge on any atom is 0.191 e. The molecule has 8 heteroatoms. The Hall–Kier alpha value is -1.67. The molecule has 1 aliphatic rings. The van der Waals surface area contributed by atoms with E-state index in [1.807, 2.05) is 7.05 Å². The van der Waals surface area contributed by atoms with Gasteiger partial charge in [-0.15, -0.1) is 0 Å². The van der Waals surface area contributed by atoms with Crippen molar-refractivity contribution in [3.05, 3.63) is 12.2 Å². The Labute approximate surface area is 151 Å². The average molecular weight is 351 g/mol. The van der Waals surface area contributed by atoms with Crippen LogP contribution in [0.5, 0.6) is 0 Å². The molecule has 1 aliphatic heterocycles. The second-order valence-corrected chi connectivity index (χ2v) is 7.03. The Bertz CT molecular complexity index is 531. The van der Waals surface area contributed by atoms with Gasteiger partial charge in [-0.1, -0.05) is 13.8 Å². The standard InChI is InChI=1S/C17H34N8/c1-6-18-17(20-12-16-21-13-22-24(16)5)19-11-15(14(2)3)25-9-7-23(4)8-10-25/h13-15H,6-12H2,1-5H3,(H2,18,19,20). The first kappa shape index (κ1) is 19.7. The highest BCUT2D eigenvalue weighted by Gasteiger charge is 2.25. The zero-order chi connectivity index (χ0) is 18.2. The van der Waals surface area contributed by atoms with Crippen molar-refractivity contribution in [1.82, 2.24) is 35.2 Å². The van der Waals surface area contributed by atoms with Crippen molar-refractivity contribution in [2.45, 2.75) is 33.4 Å². The topological polar surface area (TPSA) is 73.6 Å². The number of hydrogen-bond donors (Lipinski definition) is 2. The van der Waals surface area contributed by atoms with E-state index < -0.39 is 0 Å². The summed E-state index contributed by atoms with van der Waals surface area (Å²) in [5.41, 5.74) is 0. The van der Waals surface area contributed by atoms with Crippen LogP contribution in [0.15, 0.2) is 11.3 Å². The molecule has 1 unspecified atom stereocenters. The number of guanidine groups is 1. The molecular weight excluding hydrogens is 316 g/mol. The highest BCUT2D eigenvalue weighted by molar-refractivity contribution is 5.79. The van der Waals surface area contributed by atoms with Crippen LogP contribution in [0, 0.1) is 5.92 Å². The first-order valence-corrected chi connectivity index (χ1v) is 9.29. The van der Waals surface area contributed by atoms with Crippen LogP contribution < -0.4 is 10.6 Å². The van der Waals surface area contributed by atoms with Crippen LogP contribution in [0.2, 0.25) is 0 Å². The van der Waals surface area contributed by atoms with Crippen molar-refractivity contribution in [3.63, 3.8) is 0 Å². The quantitative estimate of drug-likeness (QED) is 0.538. The van der Waals surface area contributed by atoms with Gasteiger partial charge in [0.1, 0.15) is 18.7 Å². The molecule has 2 rings (SSSR count). The van der Waals surface area contributed by atoms with E-state index >= 15 is 0 Å². The number of rotatable bonds is 7. The first-order chi connectivity index (χ1) is 12.0. The van der Waals surface area contributed by atoms with Crippen molar-refractivity contribution in [2.75, 3.05) is 46.3 Å². The maximum atomic E-state index is 4.65. The molecule has 0 aliphatic carbocycles. The van der Waals surface area contributed by atoms with Gasteiger partial charge in [0.25, 0.3) is 0 Å². The number of nitrogens with zero attached hydrogens (tertiary/aromatic N) is 6. The number of piperazine rings is 1. The molecule has 1 atom stereocenters. The highest BCUT2D eigenvalue weighted by Crippen LogP contribution is 2.12. The molecule has 2 heterocycles.